The van der Waals surface area contributed by atoms with Crippen LogP contribution < -0.4 is 16.0 Å². The normalized spacial score (nSPS) is 18.5. The zero-order valence-corrected chi connectivity index (χ0v) is 18.6. The van der Waals surface area contributed by atoms with Gasteiger partial charge < -0.3 is 15.7 Å². The predicted octanol–water partition coefficient (Wildman–Crippen LogP) is 0.312. The SMILES string of the molecule is CC(C)C[C@H](NC(=O)NC(=O)O)C(=O)NC1CCCN(S(=O)(=O)c2ccccn2)CC1=O. The number of nitrogens with zero attached hydrogens (tertiary/aromatic N) is 2. The molecule has 0 spiro atoms. The molecule has 0 saturated carbocycles. The highest BCUT2D eigenvalue weighted by Gasteiger charge is 2.34. The number of hydrogen-bond acceptors (Lipinski definition) is 7. The number of nitrogens with one attached hydrogen (secondary N) is 3. The number of aromatic nitrogens is 1. The van der Waals surface area contributed by atoms with Gasteiger partial charge in [-0.3, -0.25) is 9.59 Å². The highest BCUT2D eigenvalue weighted by atomic mass is 32.2. The first kappa shape index (κ1) is 25.2. The second-order valence-corrected chi connectivity index (χ2v) is 9.65. The van der Waals surface area contributed by atoms with Crippen LogP contribution in [-0.2, 0) is 19.6 Å². The molecule has 1 aromatic rings. The van der Waals surface area contributed by atoms with Crippen LogP contribution in [-0.4, -0.2) is 71.8 Å². The van der Waals surface area contributed by atoms with Crippen LogP contribution in [0.4, 0.5) is 9.59 Å². The summed E-state index contributed by atoms with van der Waals surface area (Å²) < 4.78 is 26.6. The standard InChI is InChI=1S/C19H27N5O7S/c1-12(2)10-14(22-18(27)23-19(28)29)17(26)21-13-6-5-9-24(11-15(13)25)32(30,31)16-7-3-4-8-20-16/h3-4,7-8,12-14H,5-6,9-11H2,1-2H3,(H,21,26)(H,28,29)(H2,22,23,27)/t13?,14-/m0/s1. The van der Waals surface area contributed by atoms with Crippen molar-refractivity contribution in [2.75, 3.05) is 13.1 Å². The third kappa shape index (κ3) is 6.99. The molecular weight excluding hydrogens is 442 g/mol. The maximum Gasteiger partial charge on any atom is 0.412 e. The molecule has 2 atom stereocenters. The lowest BCUT2D eigenvalue weighted by Gasteiger charge is -2.23. The minimum absolute atomic E-state index is 0.0141. The second kappa shape index (κ2) is 11.0. The molecule has 1 aliphatic heterocycles. The molecule has 2 rings (SSSR count). The van der Waals surface area contributed by atoms with Crippen molar-refractivity contribution in [1.82, 2.24) is 25.2 Å². The number of carboxylic acid groups (broad SMARTS) is 1. The molecule has 0 radical (unpaired) electrons. The molecular formula is C19H27N5O7S. The lowest BCUT2D eigenvalue weighted by Crippen LogP contribution is -2.54. The van der Waals surface area contributed by atoms with Gasteiger partial charge in [-0.15, -0.1) is 0 Å². The molecule has 0 aliphatic carbocycles. The number of ketones is 1. The molecule has 1 aliphatic rings. The lowest BCUT2D eigenvalue weighted by atomic mass is 10.0. The zero-order valence-electron chi connectivity index (χ0n) is 17.8. The first-order valence-electron chi connectivity index (χ1n) is 10.1. The molecule has 2 heterocycles. The molecule has 32 heavy (non-hydrogen) atoms. The summed E-state index contributed by atoms with van der Waals surface area (Å²) in [7, 11) is -3.96. The van der Waals surface area contributed by atoms with Gasteiger partial charge in [0.25, 0.3) is 10.0 Å². The third-order valence-electron chi connectivity index (χ3n) is 4.73. The van der Waals surface area contributed by atoms with Crippen molar-refractivity contribution in [2.24, 2.45) is 5.92 Å². The molecule has 1 fully saturated rings. The van der Waals surface area contributed by atoms with Crippen molar-refractivity contribution in [1.29, 1.82) is 0 Å². The van der Waals surface area contributed by atoms with Crippen molar-refractivity contribution < 1.29 is 32.7 Å². The van der Waals surface area contributed by atoms with Crippen LogP contribution in [0.3, 0.4) is 0 Å². The summed E-state index contributed by atoms with van der Waals surface area (Å²) in [5, 5.41) is 14.9. The van der Waals surface area contributed by atoms with Crippen molar-refractivity contribution in [3.05, 3.63) is 24.4 Å². The Hall–Kier alpha value is -3.06. The molecule has 4 amide bonds. The Kier molecular flexibility index (Phi) is 8.66. The number of urea groups is 1. The summed E-state index contributed by atoms with van der Waals surface area (Å²) in [6.45, 7) is 3.29. The number of sulfonamides is 1. The first-order chi connectivity index (χ1) is 15.0. The monoisotopic (exact) mass is 469 g/mol. The molecule has 12 nitrogen and oxygen atoms in total. The maximum absolute atomic E-state index is 12.8. The fourth-order valence-corrected chi connectivity index (χ4v) is 4.63. The van der Waals surface area contributed by atoms with Crippen LogP contribution in [0.15, 0.2) is 29.4 Å². The van der Waals surface area contributed by atoms with Gasteiger partial charge >= 0.3 is 12.1 Å². The number of Topliss-reactive ketones (excluding diaryl/α,β-unsaturated/α-hetero) is 1. The van der Waals surface area contributed by atoms with Crippen molar-refractivity contribution in [3.8, 4) is 0 Å². The Labute approximate surface area is 185 Å². The average molecular weight is 470 g/mol. The number of hydrogen-bond donors (Lipinski definition) is 4. The Morgan fingerprint density at radius 3 is 2.59 bits per heavy atom. The van der Waals surface area contributed by atoms with Crippen LogP contribution in [0.2, 0.25) is 0 Å². The molecule has 1 saturated heterocycles. The van der Waals surface area contributed by atoms with Crippen LogP contribution in [0.1, 0.15) is 33.1 Å². The van der Waals surface area contributed by atoms with E-state index in [1.807, 2.05) is 13.8 Å². The largest absolute Gasteiger partial charge is 0.465 e. The Balaban J connectivity index is 2.08. The van der Waals surface area contributed by atoms with Gasteiger partial charge in [-0.1, -0.05) is 19.9 Å². The third-order valence-corrected chi connectivity index (χ3v) is 6.49. The topological polar surface area (TPSA) is 175 Å². The Morgan fingerprint density at radius 2 is 2.00 bits per heavy atom. The number of carbonyl (C=O) groups is 4. The maximum atomic E-state index is 12.8. The van der Waals surface area contributed by atoms with E-state index in [2.05, 4.69) is 15.6 Å². The summed E-state index contributed by atoms with van der Waals surface area (Å²) in [5.74, 6) is -1.16. The van der Waals surface area contributed by atoms with E-state index >= 15 is 0 Å². The average Bonchev–Trinajstić information content (AvgIpc) is 2.89. The highest BCUT2D eigenvalue weighted by molar-refractivity contribution is 7.89. The van der Waals surface area contributed by atoms with Gasteiger partial charge in [0, 0.05) is 12.7 Å². The zero-order chi connectivity index (χ0) is 23.9. The predicted molar refractivity (Wildman–Crippen MR) is 112 cm³/mol. The van der Waals surface area contributed by atoms with Crippen molar-refractivity contribution in [3.63, 3.8) is 0 Å². The van der Waals surface area contributed by atoms with Crippen molar-refractivity contribution in [2.45, 2.75) is 50.2 Å². The first-order valence-corrected chi connectivity index (χ1v) is 11.5. The molecule has 1 aromatic heterocycles. The molecule has 0 aromatic carbocycles. The number of amides is 4. The van der Waals surface area contributed by atoms with E-state index in [4.69, 9.17) is 5.11 Å². The summed E-state index contributed by atoms with van der Waals surface area (Å²) in [6.07, 6.45) is 0.524. The van der Waals surface area contributed by atoms with E-state index in [0.29, 0.717) is 6.42 Å². The van der Waals surface area contributed by atoms with Gasteiger partial charge in [0.05, 0.1) is 12.6 Å². The summed E-state index contributed by atoms with van der Waals surface area (Å²) in [6, 6.07) is 1.39. The lowest BCUT2D eigenvalue weighted by molar-refractivity contribution is -0.129. The van der Waals surface area contributed by atoms with Crippen LogP contribution in [0, 0.1) is 5.92 Å². The van der Waals surface area contributed by atoms with Gasteiger partial charge in [-0.2, -0.15) is 4.31 Å². The number of imide groups is 1. The Morgan fingerprint density at radius 1 is 1.28 bits per heavy atom. The smallest absolute Gasteiger partial charge is 0.412 e. The van der Waals surface area contributed by atoms with Gasteiger partial charge in [-0.25, -0.2) is 28.3 Å². The minimum atomic E-state index is -3.96. The summed E-state index contributed by atoms with van der Waals surface area (Å²) >= 11 is 0. The van der Waals surface area contributed by atoms with E-state index in [-0.39, 0.29) is 30.3 Å². The molecule has 1 unspecified atom stereocenters. The summed E-state index contributed by atoms with van der Waals surface area (Å²) in [4.78, 5) is 51.7. The molecule has 176 valence electrons. The van der Waals surface area contributed by atoms with Gasteiger partial charge in [0.15, 0.2) is 10.8 Å². The van der Waals surface area contributed by atoms with Gasteiger partial charge in [0.2, 0.25) is 5.91 Å². The van der Waals surface area contributed by atoms with E-state index < -0.39 is 52.5 Å². The summed E-state index contributed by atoms with van der Waals surface area (Å²) in [5.41, 5.74) is 0. The van der Waals surface area contributed by atoms with E-state index in [0.717, 1.165) is 4.31 Å². The number of carbonyl (C=O) groups excluding carboxylic acids is 3. The number of pyridine rings is 1. The Bertz CT molecular complexity index is 952. The quantitative estimate of drug-likeness (QED) is 0.441. The van der Waals surface area contributed by atoms with Gasteiger partial charge in [-0.05, 0) is 37.3 Å². The van der Waals surface area contributed by atoms with E-state index in [9.17, 15) is 27.6 Å². The molecule has 0 bridgehead atoms. The van der Waals surface area contributed by atoms with Crippen LogP contribution in [0.5, 0.6) is 0 Å². The fraction of sp³-hybridized carbons (Fsp3) is 0.526. The van der Waals surface area contributed by atoms with Gasteiger partial charge in [0.1, 0.15) is 6.04 Å². The fourth-order valence-electron chi connectivity index (χ4n) is 3.25. The molecule has 13 heteroatoms. The van der Waals surface area contributed by atoms with E-state index in [1.165, 1.54) is 18.3 Å². The van der Waals surface area contributed by atoms with Crippen molar-refractivity contribution >= 4 is 33.8 Å². The molecule has 4 N–H and O–H groups in total. The highest BCUT2D eigenvalue weighted by Crippen LogP contribution is 2.18. The number of rotatable bonds is 7. The van der Waals surface area contributed by atoms with Crippen LogP contribution in [0.25, 0.3) is 0 Å². The van der Waals surface area contributed by atoms with E-state index in [1.54, 1.807) is 11.4 Å². The minimum Gasteiger partial charge on any atom is -0.465 e. The van der Waals surface area contributed by atoms with Crippen LogP contribution >= 0.6 is 0 Å². The second-order valence-electron chi connectivity index (χ2n) is 7.76.